The number of benzene rings is 1. The lowest BCUT2D eigenvalue weighted by Gasteiger charge is -2.22. The normalized spacial score (nSPS) is 14.5. The maximum Gasteiger partial charge on any atom is 0.304 e. The molecule has 0 aliphatic carbocycles. The van der Waals surface area contributed by atoms with Gasteiger partial charge in [-0.2, -0.15) is 0 Å². The van der Waals surface area contributed by atoms with Gasteiger partial charge in [-0.05, 0) is 37.5 Å². The Balaban J connectivity index is 3.10. The van der Waals surface area contributed by atoms with Gasteiger partial charge < -0.3 is 10.8 Å². The Hall–Kier alpha value is -1.35. The van der Waals surface area contributed by atoms with Gasteiger partial charge in [0.15, 0.2) is 0 Å². The zero-order valence-corrected chi connectivity index (χ0v) is 10.0. The summed E-state index contributed by atoms with van der Waals surface area (Å²) < 4.78 is 0. The molecule has 3 heteroatoms. The molecule has 1 rings (SSSR count). The first kappa shape index (κ1) is 12.7. The highest BCUT2D eigenvalue weighted by Gasteiger charge is 2.21. The Bertz CT molecular complexity index is 386. The molecular weight excluding hydrogens is 202 g/mol. The Labute approximate surface area is 96.3 Å². The molecule has 16 heavy (non-hydrogen) atoms. The number of nitrogens with two attached hydrogens (primary N) is 1. The molecule has 0 fully saturated rings. The van der Waals surface area contributed by atoms with Crippen molar-refractivity contribution in [1.29, 1.82) is 0 Å². The van der Waals surface area contributed by atoms with E-state index in [1.807, 2.05) is 39.0 Å². The Morgan fingerprint density at radius 2 is 2.06 bits per heavy atom. The van der Waals surface area contributed by atoms with E-state index in [2.05, 4.69) is 0 Å². The first-order chi connectivity index (χ1) is 7.43. The SMILES string of the molecule is Cc1cccc(C(CC(=O)O)C(C)N)c1C. The quantitative estimate of drug-likeness (QED) is 0.819. The number of carbonyl (C=O) groups is 1. The van der Waals surface area contributed by atoms with Gasteiger partial charge >= 0.3 is 5.97 Å². The van der Waals surface area contributed by atoms with Crippen LogP contribution in [0.15, 0.2) is 18.2 Å². The molecule has 1 aromatic rings. The lowest BCUT2D eigenvalue weighted by atomic mass is 9.86. The second kappa shape index (κ2) is 5.12. The minimum atomic E-state index is -0.803. The van der Waals surface area contributed by atoms with E-state index in [4.69, 9.17) is 10.8 Å². The molecule has 0 aromatic heterocycles. The van der Waals surface area contributed by atoms with Crippen molar-refractivity contribution in [3.8, 4) is 0 Å². The summed E-state index contributed by atoms with van der Waals surface area (Å²) in [4.78, 5) is 10.8. The van der Waals surface area contributed by atoms with E-state index in [-0.39, 0.29) is 18.4 Å². The van der Waals surface area contributed by atoms with Crippen LogP contribution in [0.1, 0.15) is 36.0 Å². The van der Waals surface area contributed by atoms with E-state index in [0.717, 1.165) is 11.1 Å². The first-order valence-electron chi connectivity index (χ1n) is 5.47. The predicted octanol–water partition coefficient (Wildman–Crippen LogP) is 2.21. The zero-order valence-electron chi connectivity index (χ0n) is 10.0. The highest BCUT2D eigenvalue weighted by atomic mass is 16.4. The summed E-state index contributed by atoms with van der Waals surface area (Å²) >= 11 is 0. The molecule has 88 valence electrons. The van der Waals surface area contributed by atoms with Crippen LogP contribution >= 0.6 is 0 Å². The topological polar surface area (TPSA) is 63.3 Å². The van der Waals surface area contributed by atoms with Gasteiger partial charge in [-0.25, -0.2) is 0 Å². The highest BCUT2D eigenvalue weighted by molar-refractivity contribution is 5.68. The van der Waals surface area contributed by atoms with E-state index in [0.29, 0.717) is 0 Å². The van der Waals surface area contributed by atoms with Crippen LogP contribution in [0.25, 0.3) is 0 Å². The summed E-state index contributed by atoms with van der Waals surface area (Å²) in [6.45, 7) is 5.90. The Morgan fingerprint density at radius 1 is 1.44 bits per heavy atom. The number of carboxylic acids is 1. The molecule has 0 bridgehead atoms. The molecule has 0 spiro atoms. The zero-order chi connectivity index (χ0) is 12.3. The fourth-order valence-corrected chi connectivity index (χ4v) is 1.94. The maximum atomic E-state index is 10.8. The molecule has 3 nitrogen and oxygen atoms in total. The molecule has 0 saturated carbocycles. The molecular formula is C13H19NO2. The van der Waals surface area contributed by atoms with Crippen LogP contribution in [0.3, 0.4) is 0 Å². The summed E-state index contributed by atoms with van der Waals surface area (Å²) in [6.07, 6.45) is 0.0853. The smallest absolute Gasteiger partial charge is 0.304 e. The van der Waals surface area contributed by atoms with Crippen molar-refractivity contribution in [3.05, 3.63) is 34.9 Å². The maximum absolute atomic E-state index is 10.8. The number of rotatable bonds is 4. The van der Waals surface area contributed by atoms with Crippen molar-refractivity contribution < 1.29 is 9.90 Å². The fraction of sp³-hybridized carbons (Fsp3) is 0.462. The lowest BCUT2D eigenvalue weighted by Crippen LogP contribution is -2.27. The Kier molecular flexibility index (Phi) is 4.07. The third-order valence-corrected chi connectivity index (χ3v) is 3.08. The second-order valence-corrected chi connectivity index (χ2v) is 4.35. The van der Waals surface area contributed by atoms with Gasteiger partial charge in [-0.1, -0.05) is 18.2 Å². The summed E-state index contributed by atoms with van der Waals surface area (Å²) in [6, 6.07) is 5.79. The van der Waals surface area contributed by atoms with Gasteiger partial charge in [0.05, 0.1) is 6.42 Å². The number of aliphatic carboxylic acids is 1. The molecule has 0 radical (unpaired) electrons. The van der Waals surface area contributed by atoms with Crippen LogP contribution < -0.4 is 5.73 Å². The highest BCUT2D eigenvalue weighted by Crippen LogP contribution is 2.27. The van der Waals surface area contributed by atoms with E-state index in [9.17, 15) is 4.79 Å². The summed E-state index contributed by atoms with van der Waals surface area (Å²) in [5.41, 5.74) is 9.24. The van der Waals surface area contributed by atoms with Crippen LogP contribution in [-0.4, -0.2) is 17.1 Å². The standard InChI is InChI=1S/C13H19NO2/c1-8-5-4-6-11(9(8)2)12(10(3)14)7-13(15)16/h4-6,10,12H,7,14H2,1-3H3,(H,15,16). The lowest BCUT2D eigenvalue weighted by molar-refractivity contribution is -0.137. The minimum Gasteiger partial charge on any atom is -0.481 e. The van der Waals surface area contributed by atoms with E-state index < -0.39 is 5.97 Å². The van der Waals surface area contributed by atoms with Crippen LogP contribution in [0.4, 0.5) is 0 Å². The molecule has 2 unspecified atom stereocenters. The average molecular weight is 221 g/mol. The third-order valence-electron chi connectivity index (χ3n) is 3.08. The van der Waals surface area contributed by atoms with Gasteiger partial charge in [0.1, 0.15) is 0 Å². The van der Waals surface area contributed by atoms with Gasteiger partial charge in [0.25, 0.3) is 0 Å². The van der Waals surface area contributed by atoms with Crippen molar-refractivity contribution in [3.63, 3.8) is 0 Å². The second-order valence-electron chi connectivity index (χ2n) is 4.35. The van der Waals surface area contributed by atoms with Crippen molar-refractivity contribution >= 4 is 5.97 Å². The summed E-state index contributed by atoms with van der Waals surface area (Å²) in [5.74, 6) is -0.916. The van der Waals surface area contributed by atoms with Gasteiger partial charge in [0.2, 0.25) is 0 Å². The number of hydrogen-bond acceptors (Lipinski definition) is 2. The van der Waals surface area contributed by atoms with E-state index >= 15 is 0 Å². The van der Waals surface area contributed by atoms with Gasteiger partial charge in [0, 0.05) is 12.0 Å². The average Bonchev–Trinajstić information content (AvgIpc) is 2.18. The summed E-state index contributed by atoms with van der Waals surface area (Å²) in [5, 5.41) is 8.90. The first-order valence-corrected chi connectivity index (χ1v) is 5.47. The fourth-order valence-electron chi connectivity index (χ4n) is 1.94. The van der Waals surface area contributed by atoms with Crippen LogP contribution in [-0.2, 0) is 4.79 Å². The van der Waals surface area contributed by atoms with Crippen molar-refractivity contribution in [2.24, 2.45) is 5.73 Å². The van der Waals surface area contributed by atoms with Crippen LogP contribution in [0.5, 0.6) is 0 Å². The van der Waals surface area contributed by atoms with E-state index in [1.165, 1.54) is 5.56 Å². The molecule has 3 N–H and O–H groups in total. The monoisotopic (exact) mass is 221 g/mol. The van der Waals surface area contributed by atoms with Gasteiger partial charge in [-0.15, -0.1) is 0 Å². The van der Waals surface area contributed by atoms with Crippen LogP contribution in [0.2, 0.25) is 0 Å². The predicted molar refractivity (Wildman–Crippen MR) is 64.6 cm³/mol. The molecule has 0 saturated heterocycles. The largest absolute Gasteiger partial charge is 0.481 e. The molecule has 0 amide bonds. The molecule has 0 aliphatic rings. The molecule has 2 atom stereocenters. The molecule has 1 aromatic carbocycles. The van der Waals surface area contributed by atoms with Gasteiger partial charge in [-0.3, -0.25) is 4.79 Å². The third kappa shape index (κ3) is 2.83. The van der Waals surface area contributed by atoms with Crippen molar-refractivity contribution in [1.82, 2.24) is 0 Å². The number of aryl methyl sites for hydroxylation is 1. The van der Waals surface area contributed by atoms with Crippen LogP contribution in [0, 0.1) is 13.8 Å². The van der Waals surface area contributed by atoms with E-state index in [1.54, 1.807) is 0 Å². The summed E-state index contributed by atoms with van der Waals surface area (Å²) in [7, 11) is 0. The molecule has 0 heterocycles. The Morgan fingerprint density at radius 3 is 2.56 bits per heavy atom. The van der Waals surface area contributed by atoms with Crippen molar-refractivity contribution in [2.75, 3.05) is 0 Å². The minimum absolute atomic E-state index is 0.0853. The van der Waals surface area contributed by atoms with Crippen molar-refractivity contribution in [2.45, 2.75) is 39.2 Å². The molecule has 0 aliphatic heterocycles. The number of carboxylic acid groups (broad SMARTS) is 1. The number of hydrogen-bond donors (Lipinski definition) is 2.